The number of rotatable bonds is 2. The zero-order valence-electron chi connectivity index (χ0n) is 6.71. The van der Waals surface area contributed by atoms with Crippen LogP contribution >= 0.6 is 15.9 Å². The molecule has 2 N–H and O–H groups in total. The Morgan fingerprint density at radius 3 is 2.82 bits per heavy atom. The second-order valence-electron chi connectivity index (χ2n) is 2.58. The summed E-state index contributed by atoms with van der Waals surface area (Å²) in [6.45, 7) is 4.20. The van der Waals surface area contributed by atoms with Gasteiger partial charge >= 0.3 is 0 Å². The van der Waals surface area contributed by atoms with Crippen molar-refractivity contribution in [1.82, 2.24) is 9.78 Å². The molecule has 0 saturated heterocycles. The Morgan fingerprint density at radius 1 is 1.82 bits per heavy atom. The Labute approximate surface area is 74.7 Å². The highest BCUT2D eigenvalue weighted by Gasteiger charge is 2.08. The minimum Gasteiger partial charge on any atom is -0.383 e. The molecule has 0 aromatic carbocycles. The predicted molar refractivity (Wildman–Crippen MR) is 49.3 cm³/mol. The smallest absolute Gasteiger partial charge is 0.136 e. The monoisotopic (exact) mass is 217 g/mol. The number of hydrogen-bond acceptors (Lipinski definition) is 2. The Morgan fingerprint density at radius 2 is 2.45 bits per heavy atom. The van der Waals surface area contributed by atoms with E-state index in [0.29, 0.717) is 11.9 Å². The van der Waals surface area contributed by atoms with E-state index in [1.165, 1.54) is 0 Å². The molecule has 0 aliphatic carbocycles. The maximum absolute atomic E-state index is 5.73. The van der Waals surface area contributed by atoms with E-state index >= 15 is 0 Å². The van der Waals surface area contributed by atoms with Crippen LogP contribution in [-0.4, -0.2) is 9.78 Å². The molecule has 0 radical (unpaired) electrons. The van der Waals surface area contributed by atoms with Crippen LogP contribution < -0.4 is 5.73 Å². The second-order valence-corrected chi connectivity index (χ2v) is 3.43. The topological polar surface area (TPSA) is 43.8 Å². The van der Waals surface area contributed by atoms with Crippen LogP contribution in [0.3, 0.4) is 0 Å². The molecule has 62 valence electrons. The lowest BCUT2D eigenvalue weighted by atomic mass is 10.3. The van der Waals surface area contributed by atoms with Gasteiger partial charge in [-0.25, -0.2) is 4.68 Å². The fourth-order valence-corrected chi connectivity index (χ4v) is 1.15. The summed E-state index contributed by atoms with van der Waals surface area (Å²) in [4.78, 5) is 0. The van der Waals surface area contributed by atoms with Gasteiger partial charge in [0.1, 0.15) is 5.82 Å². The molecule has 1 atom stereocenters. The molecule has 1 unspecified atom stereocenters. The van der Waals surface area contributed by atoms with Crippen LogP contribution in [-0.2, 0) is 0 Å². The molecule has 1 aromatic rings. The molecule has 0 spiro atoms. The van der Waals surface area contributed by atoms with Crippen LogP contribution in [0, 0.1) is 0 Å². The van der Waals surface area contributed by atoms with Gasteiger partial charge in [0.15, 0.2) is 0 Å². The molecular weight excluding hydrogens is 206 g/mol. The van der Waals surface area contributed by atoms with Crippen LogP contribution in [0.15, 0.2) is 10.7 Å². The fraction of sp³-hybridized carbons (Fsp3) is 0.571. The van der Waals surface area contributed by atoms with Crippen molar-refractivity contribution in [3.8, 4) is 0 Å². The first-order chi connectivity index (χ1) is 5.16. The molecule has 11 heavy (non-hydrogen) atoms. The third-order valence-electron chi connectivity index (χ3n) is 1.80. The maximum Gasteiger partial charge on any atom is 0.136 e. The Bertz CT molecular complexity index is 244. The van der Waals surface area contributed by atoms with E-state index in [2.05, 4.69) is 34.9 Å². The molecule has 4 heteroatoms. The minimum absolute atomic E-state index is 0.376. The molecular formula is C7H12BrN3. The standard InChI is InChI=1S/C7H12BrN3/c1-3-5(2)11-7(9)6(8)4-10-11/h4-5H,3,9H2,1-2H3. The van der Waals surface area contributed by atoms with Gasteiger partial charge < -0.3 is 5.73 Å². The minimum atomic E-state index is 0.376. The van der Waals surface area contributed by atoms with Crippen LogP contribution in [0.2, 0.25) is 0 Å². The number of hydrogen-bond donors (Lipinski definition) is 1. The lowest BCUT2D eigenvalue weighted by Gasteiger charge is -2.10. The summed E-state index contributed by atoms with van der Waals surface area (Å²) in [7, 11) is 0. The first-order valence-electron chi connectivity index (χ1n) is 3.65. The van der Waals surface area contributed by atoms with E-state index in [1.54, 1.807) is 6.20 Å². The maximum atomic E-state index is 5.73. The van der Waals surface area contributed by atoms with Crippen LogP contribution in [0.4, 0.5) is 5.82 Å². The molecule has 3 nitrogen and oxygen atoms in total. The summed E-state index contributed by atoms with van der Waals surface area (Å²) in [5.41, 5.74) is 5.73. The van der Waals surface area contributed by atoms with Gasteiger partial charge in [-0.05, 0) is 29.3 Å². The molecule has 0 aliphatic heterocycles. The predicted octanol–water partition coefficient (Wildman–Crippen LogP) is 2.20. The van der Waals surface area contributed by atoms with E-state index in [-0.39, 0.29) is 0 Å². The molecule has 0 amide bonds. The van der Waals surface area contributed by atoms with Crippen molar-refractivity contribution in [2.45, 2.75) is 26.3 Å². The third-order valence-corrected chi connectivity index (χ3v) is 2.41. The first-order valence-corrected chi connectivity index (χ1v) is 4.44. The molecule has 0 fully saturated rings. The summed E-state index contributed by atoms with van der Waals surface area (Å²) >= 11 is 3.31. The highest BCUT2D eigenvalue weighted by Crippen LogP contribution is 2.22. The van der Waals surface area contributed by atoms with Gasteiger partial charge in [0.05, 0.1) is 16.7 Å². The van der Waals surface area contributed by atoms with Crippen molar-refractivity contribution in [2.75, 3.05) is 5.73 Å². The van der Waals surface area contributed by atoms with Crippen molar-refractivity contribution in [2.24, 2.45) is 0 Å². The van der Waals surface area contributed by atoms with Gasteiger partial charge in [-0.1, -0.05) is 6.92 Å². The lowest BCUT2D eigenvalue weighted by Crippen LogP contribution is -2.08. The third kappa shape index (κ3) is 1.56. The fourth-order valence-electron chi connectivity index (χ4n) is 0.875. The van der Waals surface area contributed by atoms with Crippen molar-refractivity contribution in [3.05, 3.63) is 10.7 Å². The number of aromatic nitrogens is 2. The molecule has 0 saturated carbocycles. The number of nitrogens with two attached hydrogens (primary N) is 1. The SMILES string of the molecule is CCC(C)n1ncc(Br)c1N. The van der Waals surface area contributed by atoms with Crippen LogP contribution in [0.1, 0.15) is 26.3 Å². The summed E-state index contributed by atoms with van der Waals surface area (Å²) in [5, 5.41) is 4.13. The molecule has 0 bridgehead atoms. The van der Waals surface area contributed by atoms with E-state index in [4.69, 9.17) is 5.73 Å². The van der Waals surface area contributed by atoms with Gasteiger partial charge in [-0.3, -0.25) is 0 Å². The van der Waals surface area contributed by atoms with Crippen molar-refractivity contribution in [1.29, 1.82) is 0 Å². The van der Waals surface area contributed by atoms with E-state index in [1.807, 2.05) is 4.68 Å². The van der Waals surface area contributed by atoms with E-state index in [9.17, 15) is 0 Å². The molecule has 1 heterocycles. The van der Waals surface area contributed by atoms with Crippen molar-refractivity contribution < 1.29 is 0 Å². The number of nitrogens with zero attached hydrogens (tertiary/aromatic N) is 2. The van der Waals surface area contributed by atoms with Gasteiger partial charge in [0, 0.05) is 0 Å². The average Bonchev–Trinajstić information content (AvgIpc) is 2.32. The molecule has 1 rings (SSSR count). The Kier molecular flexibility index (Phi) is 2.54. The van der Waals surface area contributed by atoms with Crippen LogP contribution in [0.5, 0.6) is 0 Å². The van der Waals surface area contributed by atoms with Crippen LogP contribution in [0.25, 0.3) is 0 Å². The highest BCUT2D eigenvalue weighted by molar-refractivity contribution is 9.10. The van der Waals surface area contributed by atoms with E-state index < -0.39 is 0 Å². The second kappa shape index (κ2) is 3.26. The lowest BCUT2D eigenvalue weighted by molar-refractivity contribution is 0.485. The summed E-state index contributed by atoms with van der Waals surface area (Å²) in [6.07, 6.45) is 2.76. The molecule has 0 aliphatic rings. The van der Waals surface area contributed by atoms with Crippen molar-refractivity contribution in [3.63, 3.8) is 0 Å². The molecule has 1 aromatic heterocycles. The summed E-state index contributed by atoms with van der Waals surface area (Å²) < 4.78 is 2.70. The first kappa shape index (κ1) is 8.59. The Balaban J connectivity index is 2.94. The number of nitrogen functional groups attached to an aromatic ring is 1. The zero-order valence-corrected chi connectivity index (χ0v) is 8.30. The summed E-state index contributed by atoms with van der Waals surface area (Å²) in [6, 6.07) is 0.376. The van der Waals surface area contributed by atoms with Gasteiger partial charge in [-0.15, -0.1) is 0 Å². The average molecular weight is 218 g/mol. The van der Waals surface area contributed by atoms with Gasteiger partial charge in [0.25, 0.3) is 0 Å². The van der Waals surface area contributed by atoms with Gasteiger partial charge in [0.2, 0.25) is 0 Å². The summed E-state index contributed by atoms with van der Waals surface area (Å²) in [5.74, 6) is 0.708. The number of halogens is 1. The normalized spacial score (nSPS) is 13.4. The van der Waals surface area contributed by atoms with E-state index in [0.717, 1.165) is 10.9 Å². The Hall–Kier alpha value is -0.510. The number of anilines is 1. The quantitative estimate of drug-likeness (QED) is 0.826. The highest BCUT2D eigenvalue weighted by atomic mass is 79.9. The largest absolute Gasteiger partial charge is 0.383 e. The zero-order chi connectivity index (χ0) is 8.43. The van der Waals surface area contributed by atoms with Gasteiger partial charge in [-0.2, -0.15) is 5.10 Å². The van der Waals surface area contributed by atoms with Crippen molar-refractivity contribution >= 4 is 21.7 Å².